The van der Waals surface area contributed by atoms with E-state index >= 15 is 0 Å². The highest BCUT2D eigenvalue weighted by molar-refractivity contribution is 8.01. The number of nitrogens with one attached hydrogen (secondary N) is 2. The molecule has 3 amide bonds. The second kappa shape index (κ2) is 9.36. The number of carboxylic acids is 1. The lowest BCUT2D eigenvalue weighted by atomic mass is 9.89. The Morgan fingerprint density at radius 2 is 2.24 bits per heavy atom. The molecule has 2 aliphatic heterocycles. The maximum atomic E-state index is 12.7. The minimum absolute atomic E-state index is 0.00119. The molecule has 0 aliphatic carbocycles. The number of thiazole rings is 1. The number of amides is 3. The molecule has 2 unspecified atom stereocenters. The molecule has 12 nitrogen and oxygen atoms in total. The highest BCUT2D eigenvalue weighted by Gasteiger charge is 2.57. The summed E-state index contributed by atoms with van der Waals surface area (Å²) in [4.78, 5) is 67.5. The number of carbonyl (C=O) groups excluding carboxylic acids is 4. The lowest BCUT2D eigenvalue weighted by Gasteiger charge is -2.53. The van der Waals surface area contributed by atoms with Gasteiger partial charge in [0.2, 0.25) is 12.3 Å². The van der Waals surface area contributed by atoms with E-state index < -0.39 is 40.4 Å². The third-order valence-corrected chi connectivity index (χ3v) is 9.65. The number of thioether (sulfide) groups is 2. The fourth-order valence-corrected chi connectivity index (χ4v) is 7.63. The number of β-lactam (4-membered cyclic amide) rings is 1. The molecule has 0 spiro atoms. The van der Waals surface area contributed by atoms with Crippen molar-refractivity contribution in [1.82, 2.24) is 25.4 Å². The summed E-state index contributed by atoms with van der Waals surface area (Å²) in [5.41, 5.74) is -1.22. The molecule has 174 valence electrons. The number of nitrogens with zero attached hydrogens (tertiary/aromatic N) is 4. The summed E-state index contributed by atoms with van der Waals surface area (Å²) in [6.45, 7) is 1.81. The number of aromatic amines is 1. The monoisotopic (exact) mass is 528 g/mol. The Kier molecular flexibility index (Phi) is 6.69. The van der Waals surface area contributed by atoms with Gasteiger partial charge in [0.1, 0.15) is 27.5 Å². The number of fused-ring (bicyclic) bond motifs is 1. The van der Waals surface area contributed by atoms with Crippen molar-refractivity contribution in [3.05, 3.63) is 20.9 Å². The number of rotatable bonds is 8. The number of Topliss-reactive ketones (excluding diaryl/α,β-unsaturated/α-hetero) is 1. The lowest BCUT2D eigenvalue weighted by molar-refractivity contribution is -0.157. The SMILES string of the molecule is Cc1nnc(SCC2(C(=O)O)CS[C@@H]3C(NC(=O)C(=O)c4csc(=NC=O)[nH]4)C(=O)N3C2)s1. The highest BCUT2D eigenvalue weighted by atomic mass is 32.2. The van der Waals surface area contributed by atoms with Crippen LogP contribution in [-0.2, 0) is 19.2 Å². The van der Waals surface area contributed by atoms with E-state index in [1.165, 1.54) is 45.1 Å². The number of hydrogen-bond donors (Lipinski definition) is 3. The quantitative estimate of drug-likeness (QED) is 0.136. The van der Waals surface area contributed by atoms with Gasteiger partial charge in [0, 0.05) is 23.4 Å². The molecule has 2 saturated heterocycles. The molecule has 4 heterocycles. The molecule has 2 fully saturated rings. The van der Waals surface area contributed by atoms with E-state index in [0.717, 1.165) is 16.3 Å². The van der Waals surface area contributed by atoms with Crippen molar-refractivity contribution in [1.29, 1.82) is 0 Å². The second-order valence-corrected chi connectivity index (χ2v) is 11.6. The summed E-state index contributed by atoms with van der Waals surface area (Å²) in [7, 11) is 0. The first kappa shape index (κ1) is 23.6. The molecular formula is C17H16N6O6S4. The van der Waals surface area contributed by atoms with Crippen LogP contribution >= 0.6 is 46.2 Å². The van der Waals surface area contributed by atoms with Crippen LogP contribution in [-0.4, -0.2) is 84.6 Å². The molecule has 2 aliphatic rings. The van der Waals surface area contributed by atoms with Crippen LogP contribution in [0.15, 0.2) is 14.7 Å². The molecule has 4 rings (SSSR count). The van der Waals surface area contributed by atoms with Crippen molar-refractivity contribution < 1.29 is 29.1 Å². The summed E-state index contributed by atoms with van der Waals surface area (Å²) < 4.78 is 0.660. The Hall–Kier alpha value is -2.56. The van der Waals surface area contributed by atoms with Gasteiger partial charge < -0.3 is 20.3 Å². The minimum atomic E-state index is -1.17. The van der Waals surface area contributed by atoms with E-state index in [4.69, 9.17) is 0 Å². The number of aryl methyl sites for hydroxylation is 1. The number of aliphatic carboxylic acids is 1. The Morgan fingerprint density at radius 1 is 1.45 bits per heavy atom. The Morgan fingerprint density at radius 3 is 2.91 bits per heavy atom. The minimum Gasteiger partial charge on any atom is -0.481 e. The normalized spacial score (nSPS) is 24.7. The van der Waals surface area contributed by atoms with Gasteiger partial charge in [-0.1, -0.05) is 23.1 Å². The molecular weight excluding hydrogens is 512 g/mol. The van der Waals surface area contributed by atoms with Gasteiger partial charge in [0.05, 0.1) is 0 Å². The van der Waals surface area contributed by atoms with Gasteiger partial charge in [-0.2, -0.15) is 4.99 Å². The number of carbonyl (C=O) groups is 5. The average molecular weight is 529 g/mol. The van der Waals surface area contributed by atoms with Crippen LogP contribution in [0.1, 0.15) is 15.5 Å². The van der Waals surface area contributed by atoms with E-state index in [-0.39, 0.29) is 28.5 Å². The van der Waals surface area contributed by atoms with Crippen LogP contribution in [0, 0.1) is 12.3 Å². The molecule has 2 aromatic rings. The Balaban J connectivity index is 1.39. The molecule has 0 radical (unpaired) electrons. The molecule has 33 heavy (non-hydrogen) atoms. The highest BCUT2D eigenvalue weighted by Crippen LogP contribution is 2.44. The van der Waals surface area contributed by atoms with Gasteiger partial charge in [-0.05, 0) is 6.92 Å². The number of H-pyrrole nitrogens is 1. The average Bonchev–Trinajstić information content (AvgIpc) is 3.44. The molecule has 3 N–H and O–H groups in total. The van der Waals surface area contributed by atoms with Crippen molar-refractivity contribution in [3.63, 3.8) is 0 Å². The topological polar surface area (TPSA) is 175 Å². The summed E-state index contributed by atoms with van der Waals surface area (Å²) in [5, 5.41) is 21.9. The third kappa shape index (κ3) is 4.60. The molecule has 3 atom stereocenters. The maximum Gasteiger partial charge on any atom is 0.313 e. The van der Waals surface area contributed by atoms with Crippen LogP contribution < -0.4 is 10.1 Å². The molecule has 2 aromatic heterocycles. The van der Waals surface area contributed by atoms with Gasteiger partial charge in [-0.25, -0.2) is 0 Å². The van der Waals surface area contributed by atoms with Crippen LogP contribution in [0.2, 0.25) is 0 Å². The smallest absolute Gasteiger partial charge is 0.313 e. The molecule has 0 aromatic carbocycles. The van der Waals surface area contributed by atoms with Crippen molar-refractivity contribution in [2.24, 2.45) is 10.4 Å². The summed E-state index contributed by atoms with van der Waals surface area (Å²) in [6.07, 6.45) is 0.309. The van der Waals surface area contributed by atoms with E-state index in [2.05, 4.69) is 25.5 Å². The van der Waals surface area contributed by atoms with Crippen LogP contribution in [0.3, 0.4) is 0 Å². The number of hydrogen-bond acceptors (Lipinski definition) is 11. The zero-order chi connectivity index (χ0) is 23.8. The standard InChI is InChI=1S/C17H16N6O6S4/c1-7-21-22-16(33-7)32-5-17(14(28)29)3-23-12(27)9(13(23)31-4-17)20-11(26)10(25)8-2-30-15(19-8)18-6-24/h2,6,9,13H,3-5H2,1H3,(H,20,26)(H,28,29)(H,18,19,24)/t9?,13-,17?/m1/s1. The predicted molar refractivity (Wildman–Crippen MR) is 120 cm³/mol. The van der Waals surface area contributed by atoms with E-state index in [1.807, 2.05) is 6.92 Å². The molecule has 0 bridgehead atoms. The first-order chi connectivity index (χ1) is 15.7. The van der Waals surface area contributed by atoms with Crippen LogP contribution in [0.25, 0.3) is 0 Å². The summed E-state index contributed by atoms with van der Waals surface area (Å²) in [6, 6.07) is -0.922. The fourth-order valence-electron chi connectivity index (χ4n) is 3.28. The molecule has 0 saturated carbocycles. The van der Waals surface area contributed by atoms with Crippen molar-refractivity contribution in [2.75, 3.05) is 18.1 Å². The Labute approximate surface area is 202 Å². The van der Waals surface area contributed by atoms with Gasteiger partial charge in [-0.15, -0.1) is 33.3 Å². The van der Waals surface area contributed by atoms with Gasteiger partial charge >= 0.3 is 5.97 Å². The van der Waals surface area contributed by atoms with Gasteiger partial charge in [-0.3, -0.25) is 24.0 Å². The zero-order valence-corrected chi connectivity index (χ0v) is 20.1. The van der Waals surface area contributed by atoms with Gasteiger partial charge in [0.25, 0.3) is 11.7 Å². The number of carboxylic acid groups (broad SMARTS) is 1. The predicted octanol–water partition coefficient (Wildman–Crippen LogP) is -0.261. The number of aromatic nitrogens is 3. The maximum absolute atomic E-state index is 12.7. The van der Waals surface area contributed by atoms with E-state index in [9.17, 15) is 29.1 Å². The number of ketones is 1. The second-order valence-electron chi connectivity index (χ2n) is 7.22. The third-order valence-electron chi connectivity index (χ3n) is 5.02. The van der Waals surface area contributed by atoms with E-state index in [1.54, 1.807) is 0 Å². The van der Waals surface area contributed by atoms with Crippen LogP contribution in [0.4, 0.5) is 0 Å². The van der Waals surface area contributed by atoms with Crippen molar-refractivity contribution in [2.45, 2.75) is 22.7 Å². The van der Waals surface area contributed by atoms with Crippen LogP contribution in [0.5, 0.6) is 0 Å². The van der Waals surface area contributed by atoms with Gasteiger partial charge in [0.15, 0.2) is 9.14 Å². The lowest BCUT2D eigenvalue weighted by Crippen LogP contribution is -2.74. The fraction of sp³-hybridized carbons (Fsp3) is 0.412. The summed E-state index contributed by atoms with van der Waals surface area (Å²) >= 11 is 4.90. The first-order valence-corrected chi connectivity index (χ1v) is 13.1. The largest absolute Gasteiger partial charge is 0.481 e. The molecule has 16 heteroatoms. The Bertz CT molecular complexity index is 1210. The first-order valence-electron chi connectivity index (χ1n) is 9.33. The van der Waals surface area contributed by atoms with Crippen molar-refractivity contribution in [3.8, 4) is 0 Å². The van der Waals surface area contributed by atoms with E-state index in [0.29, 0.717) is 10.7 Å². The van der Waals surface area contributed by atoms with Crippen molar-refractivity contribution >= 4 is 76.2 Å². The summed E-state index contributed by atoms with van der Waals surface area (Å²) in [5.74, 6) is -2.87. The zero-order valence-electron chi connectivity index (χ0n) is 16.8.